The monoisotopic (exact) mass is 178 g/mol. The van der Waals surface area contributed by atoms with Crippen LogP contribution in [0, 0.1) is 0 Å². The van der Waals surface area contributed by atoms with Crippen LogP contribution in [0.2, 0.25) is 0 Å². The molecule has 0 bridgehead atoms. The molecule has 0 aliphatic rings. The molecular formula is C7H14O5. The highest BCUT2D eigenvalue weighted by molar-refractivity contribution is 5.70. The number of aliphatic hydroxyl groups excluding tert-OH is 2. The number of hydrogen-bond donors (Lipinski definition) is 3. The van der Waals surface area contributed by atoms with Gasteiger partial charge >= 0.3 is 5.97 Å². The third-order valence-corrected chi connectivity index (χ3v) is 1.20. The summed E-state index contributed by atoms with van der Waals surface area (Å²) in [6.45, 7) is 2.80. The molecule has 12 heavy (non-hydrogen) atoms. The van der Waals surface area contributed by atoms with Gasteiger partial charge in [0.2, 0.25) is 0 Å². The van der Waals surface area contributed by atoms with Gasteiger partial charge in [-0.25, -0.2) is 0 Å². The van der Waals surface area contributed by atoms with Crippen molar-refractivity contribution < 1.29 is 24.9 Å². The van der Waals surface area contributed by atoms with Crippen molar-refractivity contribution in [2.24, 2.45) is 0 Å². The molecule has 3 N–H and O–H groups in total. The van der Waals surface area contributed by atoms with Crippen molar-refractivity contribution >= 4 is 5.97 Å². The van der Waals surface area contributed by atoms with Crippen LogP contribution in [0.3, 0.4) is 0 Å². The average molecular weight is 178 g/mol. The van der Waals surface area contributed by atoms with Crippen molar-refractivity contribution in [3.8, 4) is 0 Å². The highest BCUT2D eigenvalue weighted by Crippen LogP contribution is 2.00. The van der Waals surface area contributed by atoms with E-state index in [0.717, 1.165) is 0 Å². The topological polar surface area (TPSA) is 87.0 Å². The Morgan fingerprint density at radius 2 is 1.83 bits per heavy atom. The summed E-state index contributed by atoms with van der Waals surface area (Å²) in [5, 5.41) is 25.8. The molecule has 0 aromatic rings. The Kier molecular flexibility index (Phi) is 4.80. The van der Waals surface area contributed by atoms with Crippen molar-refractivity contribution in [2.45, 2.75) is 38.8 Å². The second-order valence-corrected chi connectivity index (χ2v) is 2.66. The zero-order valence-corrected chi connectivity index (χ0v) is 7.10. The number of ether oxygens (including phenoxy) is 1. The Morgan fingerprint density at radius 3 is 2.17 bits per heavy atom. The molecule has 0 aromatic heterocycles. The van der Waals surface area contributed by atoms with E-state index in [0.29, 0.717) is 0 Å². The summed E-state index contributed by atoms with van der Waals surface area (Å²) in [6, 6.07) is 0. The molecule has 0 spiro atoms. The van der Waals surface area contributed by atoms with E-state index in [2.05, 4.69) is 4.74 Å². The van der Waals surface area contributed by atoms with Gasteiger partial charge in [0.15, 0.2) is 6.29 Å². The Labute approximate surface area is 70.6 Å². The van der Waals surface area contributed by atoms with E-state index in [1.807, 2.05) is 0 Å². The fourth-order valence-electron chi connectivity index (χ4n) is 0.558. The summed E-state index contributed by atoms with van der Waals surface area (Å²) in [7, 11) is 0. The third-order valence-electron chi connectivity index (χ3n) is 1.20. The summed E-state index contributed by atoms with van der Waals surface area (Å²) in [4.78, 5) is 10.8. The molecule has 72 valence electrons. The van der Waals surface area contributed by atoms with Gasteiger partial charge in [-0.15, -0.1) is 0 Å². The van der Waals surface area contributed by atoms with Crippen LogP contribution in [0.1, 0.15) is 20.3 Å². The van der Waals surface area contributed by atoms with Gasteiger partial charge in [-0.3, -0.25) is 4.79 Å². The average Bonchev–Trinajstić information content (AvgIpc) is 1.84. The molecule has 0 aliphatic heterocycles. The fourth-order valence-corrected chi connectivity index (χ4v) is 0.558. The van der Waals surface area contributed by atoms with Crippen molar-refractivity contribution in [2.75, 3.05) is 0 Å². The predicted molar refractivity (Wildman–Crippen MR) is 40.1 cm³/mol. The van der Waals surface area contributed by atoms with E-state index >= 15 is 0 Å². The first kappa shape index (κ1) is 11.4. The van der Waals surface area contributed by atoms with Crippen LogP contribution in [-0.4, -0.2) is 39.8 Å². The Balaban J connectivity index is 3.69. The summed E-state index contributed by atoms with van der Waals surface area (Å²) in [5.74, 6) is -0.648. The van der Waals surface area contributed by atoms with Crippen LogP contribution in [0.5, 0.6) is 0 Å². The van der Waals surface area contributed by atoms with Gasteiger partial charge in [0.05, 0.1) is 12.5 Å². The van der Waals surface area contributed by atoms with E-state index in [-0.39, 0.29) is 6.42 Å². The smallest absolute Gasteiger partial charge is 0.308 e. The molecule has 0 aliphatic carbocycles. The standard InChI is InChI=1S/C7H14O5/c1-4(8)3-6(9)12-5(2)7(10)11/h4-5,7-8,10-11H,3H2,1-2H3/t4-,5?/m1/s1. The molecule has 0 fully saturated rings. The first-order chi connectivity index (χ1) is 5.43. The van der Waals surface area contributed by atoms with Crippen LogP contribution >= 0.6 is 0 Å². The molecule has 1 unspecified atom stereocenters. The van der Waals surface area contributed by atoms with Gasteiger partial charge in [0.1, 0.15) is 6.10 Å². The number of aliphatic hydroxyl groups is 3. The summed E-state index contributed by atoms with van der Waals surface area (Å²) >= 11 is 0. The van der Waals surface area contributed by atoms with E-state index in [9.17, 15) is 4.79 Å². The van der Waals surface area contributed by atoms with Crippen molar-refractivity contribution in [3.05, 3.63) is 0 Å². The second-order valence-electron chi connectivity index (χ2n) is 2.66. The van der Waals surface area contributed by atoms with Gasteiger partial charge in [0.25, 0.3) is 0 Å². The lowest BCUT2D eigenvalue weighted by Gasteiger charge is -2.14. The molecule has 0 saturated carbocycles. The maximum absolute atomic E-state index is 10.8. The Bertz CT molecular complexity index is 143. The number of hydrogen-bond acceptors (Lipinski definition) is 5. The first-order valence-electron chi connectivity index (χ1n) is 3.67. The van der Waals surface area contributed by atoms with E-state index in [4.69, 9.17) is 15.3 Å². The minimum absolute atomic E-state index is 0.142. The molecule has 0 rings (SSSR count). The zero-order valence-electron chi connectivity index (χ0n) is 7.10. The lowest BCUT2D eigenvalue weighted by Crippen LogP contribution is -2.29. The zero-order chi connectivity index (χ0) is 9.72. The molecular weight excluding hydrogens is 164 g/mol. The normalized spacial score (nSPS) is 15.8. The van der Waals surface area contributed by atoms with Crippen molar-refractivity contribution in [1.82, 2.24) is 0 Å². The van der Waals surface area contributed by atoms with E-state index in [1.165, 1.54) is 13.8 Å². The van der Waals surface area contributed by atoms with Crippen LogP contribution in [0.15, 0.2) is 0 Å². The molecule has 0 amide bonds. The predicted octanol–water partition coefficient (Wildman–Crippen LogP) is -1.00. The molecule has 5 heteroatoms. The van der Waals surface area contributed by atoms with Crippen molar-refractivity contribution in [1.29, 1.82) is 0 Å². The van der Waals surface area contributed by atoms with Gasteiger partial charge < -0.3 is 20.1 Å². The van der Waals surface area contributed by atoms with Gasteiger partial charge in [-0.2, -0.15) is 0 Å². The van der Waals surface area contributed by atoms with Crippen LogP contribution < -0.4 is 0 Å². The van der Waals surface area contributed by atoms with Gasteiger partial charge in [-0.1, -0.05) is 0 Å². The number of carbonyl (C=O) groups excluding carboxylic acids is 1. The number of esters is 1. The summed E-state index contributed by atoms with van der Waals surface area (Å²) < 4.78 is 4.52. The summed E-state index contributed by atoms with van der Waals surface area (Å²) in [6.07, 6.45) is -3.56. The molecule has 0 aromatic carbocycles. The molecule has 0 heterocycles. The van der Waals surface area contributed by atoms with E-state index < -0.39 is 24.5 Å². The van der Waals surface area contributed by atoms with Gasteiger partial charge in [0, 0.05) is 0 Å². The minimum Gasteiger partial charge on any atom is -0.457 e. The van der Waals surface area contributed by atoms with Gasteiger partial charge in [-0.05, 0) is 13.8 Å². The van der Waals surface area contributed by atoms with E-state index in [1.54, 1.807) is 0 Å². The lowest BCUT2D eigenvalue weighted by molar-refractivity contribution is -0.173. The maximum Gasteiger partial charge on any atom is 0.308 e. The maximum atomic E-state index is 10.8. The number of rotatable bonds is 4. The third kappa shape index (κ3) is 5.06. The van der Waals surface area contributed by atoms with Crippen LogP contribution in [0.25, 0.3) is 0 Å². The second kappa shape index (κ2) is 5.08. The largest absolute Gasteiger partial charge is 0.457 e. The minimum atomic E-state index is -1.68. The summed E-state index contributed by atoms with van der Waals surface area (Å²) in [5.41, 5.74) is 0. The van der Waals surface area contributed by atoms with Crippen LogP contribution in [0.4, 0.5) is 0 Å². The SMILES string of the molecule is CC(OC(=O)C[C@@H](C)O)C(O)O. The highest BCUT2D eigenvalue weighted by Gasteiger charge is 2.16. The van der Waals surface area contributed by atoms with Crippen LogP contribution in [-0.2, 0) is 9.53 Å². The Morgan fingerprint density at radius 1 is 1.33 bits per heavy atom. The lowest BCUT2D eigenvalue weighted by atomic mass is 10.3. The quantitative estimate of drug-likeness (QED) is 0.379. The molecule has 5 nitrogen and oxygen atoms in total. The highest BCUT2D eigenvalue weighted by atomic mass is 16.6. The number of carbonyl (C=O) groups is 1. The first-order valence-corrected chi connectivity index (χ1v) is 3.67. The molecule has 0 radical (unpaired) electrons. The molecule has 2 atom stereocenters. The molecule has 0 saturated heterocycles. The fraction of sp³-hybridized carbons (Fsp3) is 0.857. The Hall–Kier alpha value is -0.650. The van der Waals surface area contributed by atoms with Crippen molar-refractivity contribution in [3.63, 3.8) is 0 Å².